The lowest BCUT2D eigenvalue weighted by molar-refractivity contribution is -0.840. The third-order valence-electron chi connectivity index (χ3n) is 4.05. The number of hydroxylamine groups is 3. The van der Waals surface area contributed by atoms with Gasteiger partial charge in [-0.05, 0) is 12.8 Å². The zero-order valence-corrected chi connectivity index (χ0v) is 15.0. The summed E-state index contributed by atoms with van der Waals surface area (Å²) in [4.78, 5) is 0. The minimum absolute atomic E-state index is 0. The van der Waals surface area contributed by atoms with Crippen molar-refractivity contribution in [3.8, 4) is 0 Å². The summed E-state index contributed by atoms with van der Waals surface area (Å²) < 4.78 is -0.127. The summed E-state index contributed by atoms with van der Waals surface area (Å²) in [5, 5.41) is 11.4. The molecule has 3 heteroatoms. The molecule has 0 saturated carbocycles. The molecule has 0 rings (SSSR count). The summed E-state index contributed by atoms with van der Waals surface area (Å²) >= 11 is 0. The van der Waals surface area contributed by atoms with E-state index in [4.69, 9.17) is 0 Å². The molecule has 0 saturated heterocycles. The fourth-order valence-electron chi connectivity index (χ4n) is 2.69. The van der Waals surface area contributed by atoms with Crippen LogP contribution in [0.15, 0.2) is 0 Å². The molecule has 0 aliphatic carbocycles. The Hall–Kier alpha value is -0.120. The van der Waals surface area contributed by atoms with Crippen molar-refractivity contribution in [2.24, 2.45) is 0 Å². The molecule has 0 amide bonds. The zero-order valence-electron chi connectivity index (χ0n) is 15.0. The number of hydrogen-bond acceptors (Lipinski definition) is 1. The molecular formula is C18H41NO2. The lowest BCUT2D eigenvalue weighted by atomic mass is 10.0. The molecule has 0 aliphatic heterocycles. The Bertz CT molecular complexity index is 190. The number of hydrogen-bond donors (Lipinski definition) is 0. The van der Waals surface area contributed by atoms with Gasteiger partial charge in [0.25, 0.3) is 0 Å². The first kappa shape index (κ1) is 23.2. The van der Waals surface area contributed by atoms with Gasteiger partial charge in [0.15, 0.2) is 0 Å². The Kier molecular flexibility index (Phi) is 17.9. The summed E-state index contributed by atoms with van der Waals surface area (Å²) in [5.41, 5.74) is 0. The molecule has 21 heavy (non-hydrogen) atoms. The van der Waals surface area contributed by atoms with Crippen molar-refractivity contribution in [3.05, 3.63) is 5.21 Å². The maximum atomic E-state index is 11.4. The van der Waals surface area contributed by atoms with E-state index in [0.717, 1.165) is 13.0 Å². The van der Waals surface area contributed by atoms with Gasteiger partial charge >= 0.3 is 0 Å². The van der Waals surface area contributed by atoms with E-state index in [1.165, 1.54) is 83.5 Å². The Morgan fingerprint density at radius 3 is 1.14 bits per heavy atom. The van der Waals surface area contributed by atoms with Crippen molar-refractivity contribution in [3.63, 3.8) is 0 Å². The number of nitrogens with zero attached hydrogens (tertiary/aromatic N) is 1. The number of quaternary nitrogens is 1. The van der Waals surface area contributed by atoms with Crippen LogP contribution in [0.1, 0.15) is 96.8 Å². The normalized spacial score (nSPS) is 11.4. The van der Waals surface area contributed by atoms with E-state index in [9.17, 15) is 5.21 Å². The number of rotatable bonds is 15. The van der Waals surface area contributed by atoms with E-state index >= 15 is 0 Å². The van der Waals surface area contributed by atoms with Gasteiger partial charge in [0.2, 0.25) is 0 Å². The molecule has 0 radical (unpaired) electrons. The molecule has 2 N–H and O–H groups in total. The lowest BCUT2D eigenvalue weighted by Crippen LogP contribution is -2.32. The van der Waals surface area contributed by atoms with Crippen molar-refractivity contribution in [2.75, 3.05) is 20.6 Å². The van der Waals surface area contributed by atoms with Crippen LogP contribution in [-0.4, -0.2) is 30.8 Å². The standard InChI is InChI=1S/C18H39NO.H2O/c1-4-5-6-7-8-9-10-11-12-13-14-15-16-17-18-19(2,3)20;/h4-18H2,1-3H3;1H2. The first-order valence-electron chi connectivity index (χ1n) is 9.10. The predicted molar refractivity (Wildman–Crippen MR) is 94.3 cm³/mol. The summed E-state index contributed by atoms with van der Waals surface area (Å²) in [5.74, 6) is 0. The van der Waals surface area contributed by atoms with Crippen LogP contribution in [0.2, 0.25) is 0 Å². The topological polar surface area (TPSA) is 54.6 Å². The van der Waals surface area contributed by atoms with Crippen LogP contribution in [0, 0.1) is 5.21 Å². The first-order chi connectivity index (χ1) is 9.56. The highest BCUT2D eigenvalue weighted by molar-refractivity contribution is 4.49. The van der Waals surface area contributed by atoms with Gasteiger partial charge in [0, 0.05) is 0 Å². The maximum Gasteiger partial charge on any atom is 0.0779 e. The SMILES string of the molecule is CCCCCCCCCCCCCCCC[N+](C)(C)[O-].O. The van der Waals surface area contributed by atoms with Gasteiger partial charge in [-0.25, -0.2) is 0 Å². The van der Waals surface area contributed by atoms with Crippen LogP contribution < -0.4 is 0 Å². The van der Waals surface area contributed by atoms with Crippen LogP contribution >= 0.6 is 0 Å². The van der Waals surface area contributed by atoms with Crippen LogP contribution in [0.25, 0.3) is 0 Å². The molecule has 0 aromatic rings. The molecule has 0 unspecified atom stereocenters. The monoisotopic (exact) mass is 303 g/mol. The van der Waals surface area contributed by atoms with Crippen molar-refractivity contribution in [1.29, 1.82) is 0 Å². The van der Waals surface area contributed by atoms with E-state index in [-0.39, 0.29) is 10.1 Å². The second-order valence-corrected chi connectivity index (χ2v) is 6.89. The van der Waals surface area contributed by atoms with Crippen LogP contribution in [0.4, 0.5) is 0 Å². The average molecular weight is 304 g/mol. The molecule has 0 atom stereocenters. The van der Waals surface area contributed by atoms with Gasteiger partial charge < -0.3 is 15.3 Å². The quantitative estimate of drug-likeness (QED) is 0.232. The Balaban J connectivity index is 0. The van der Waals surface area contributed by atoms with E-state index in [1.54, 1.807) is 14.1 Å². The molecule has 0 bridgehead atoms. The second-order valence-electron chi connectivity index (χ2n) is 6.89. The highest BCUT2D eigenvalue weighted by atomic mass is 16.5. The molecule has 130 valence electrons. The fraction of sp³-hybridized carbons (Fsp3) is 1.00. The summed E-state index contributed by atoms with van der Waals surface area (Å²) in [6.45, 7) is 3.05. The van der Waals surface area contributed by atoms with Gasteiger partial charge in [-0.1, -0.05) is 84.0 Å². The molecule has 0 aromatic carbocycles. The van der Waals surface area contributed by atoms with Gasteiger partial charge in [0.1, 0.15) is 0 Å². The lowest BCUT2D eigenvalue weighted by Gasteiger charge is -2.33. The highest BCUT2D eigenvalue weighted by Gasteiger charge is 2.00. The molecule has 3 nitrogen and oxygen atoms in total. The molecular weight excluding hydrogens is 262 g/mol. The molecule has 0 spiro atoms. The van der Waals surface area contributed by atoms with E-state index in [0.29, 0.717) is 0 Å². The van der Waals surface area contributed by atoms with Crippen molar-refractivity contribution >= 4 is 0 Å². The smallest absolute Gasteiger partial charge is 0.0779 e. The second kappa shape index (κ2) is 16.3. The third kappa shape index (κ3) is 22.3. The van der Waals surface area contributed by atoms with Crippen LogP contribution in [0.3, 0.4) is 0 Å². The average Bonchev–Trinajstić information content (AvgIpc) is 2.38. The number of unbranched alkanes of at least 4 members (excludes halogenated alkanes) is 13. The van der Waals surface area contributed by atoms with Gasteiger partial charge in [-0.15, -0.1) is 0 Å². The van der Waals surface area contributed by atoms with Crippen molar-refractivity contribution in [2.45, 2.75) is 96.8 Å². The minimum atomic E-state index is -0.127. The Morgan fingerprint density at radius 2 is 0.857 bits per heavy atom. The van der Waals surface area contributed by atoms with Gasteiger partial charge in [-0.2, -0.15) is 0 Å². The van der Waals surface area contributed by atoms with Gasteiger partial charge in [0.05, 0.1) is 20.6 Å². The Labute approximate surface area is 133 Å². The maximum absolute atomic E-state index is 11.4. The molecule has 0 fully saturated rings. The fourth-order valence-corrected chi connectivity index (χ4v) is 2.69. The summed E-state index contributed by atoms with van der Waals surface area (Å²) in [6, 6.07) is 0. The zero-order chi connectivity index (χ0) is 15.1. The minimum Gasteiger partial charge on any atom is -0.633 e. The molecule has 0 aromatic heterocycles. The van der Waals surface area contributed by atoms with E-state index < -0.39 is 0 Å². The largest absolute Gasteiger partial charge is 0.633 e. The highest BCUT2D eigenvalue weighted by Crippen LogP contribution is 2.13. The van der Waals surface area contributed by atoms with Gasteiger partial charge in [-0.3, -0.25) is 0 Å². The van der Waals surface area contributed by atoms with Crippen LogP contribution in [-0.2, 0) is 0 Å². The summed E-state index contributed by atoms with van der Waals surface area (Å²) in [7, 11) is 3.48. The van der Waals surface area contributed by atoms with Crippen LogP contribution in [0.5, 0.6) is 0 Å². The van der Waals surface area contributed by atoms with Crippen molar-refractivity contribution in [1.82, 2.24) is 0 Å². The third-order valence-corrected chi connectivity index (χ3v) is 4.05. The predicted octanol–water partition coefficient (Wildman–Crippen LogP) is 5.22. The summed E-state index contributed by atoms with van der Waals surface area (Å²) in [6.07, 6.45) is 19.2. The van der Waals surface area contributed by atoms with E-state index in [2.05, 4.69) is 6.92 Å². The molecule has 0 aliphatic rings. The first-order valence-corrected chi connectivity index (χ1v) is 9.10. The molecule has 0 heterocycles. The Morgan fingerprint density at radius 1 is 0.571 bits per heavy atom. The van der Waals surface area contributed by atoms with E-state index in [1.807, 2.05) is 0 Å². The van der Waals surface area contributed by atoms with Crippen molar-refractivity contribution < 1.29 is 10.1 Å².